The number of hydrogen-bond donors (Lipinski definition) is 0. The van der Waals surface area contributed by atoms with Gasteiger partial charge in [0.15, 0.2) is 5.16 Å². The molecule has 4 rings (SSSR count). The first-order chi connectivity index (χ1) is 17.9. The van der Waals surface area contributed by atoms with Crippen LogP contribution in [0.4, 0.5) is 0 Å². The average Bonchev–Trinajstić information content (AvgIpc) is 2.91. The third kappa shape index (κ3) is 7.57. The van der Waals surface area contributed by atoms with E-state index < -0.39 is 0 Å². The van der Waals surface area contributed by atoms with Crippen molar-refractivity contribution in [2.45, 2.75) is 63.9 Å². The Morgan fingerprint density at radius 1 is 0.973 bits per heavy atom. The lowest BCUT2D eigenvalue weighted by Gasteiger charge is -2.32. The van der Waals surface area contributed by atoms with Gasteiger partial charge in [-0.3, -0.25) is 14.2 Å². The molecular weight excluding hydrogens is 478 g/mol. The van der Waals surface area contributed by atoms with E-state index >= 15 is 0 Å². The summed E-state index contributed by atoms with van der Waals surface area (Å²) in [5.41, 5.74) is 5.32. The summed E-state index contributed by atoms with van der Waals surface area (Å²) < 4.78 is 1.67. The highest BCUT2D eigenvalue weighted by Gasteiger charge is 2.22. The summed E-state index contributed by atoms with van der Waals surface area (Å²) in [6, 6.07) is 19.0. The lowest BCUT2D eigenvalue weighted by Crippen LogP contribution is -2.38. The quantitative estimate of drug-likeness (QED) is 0.196. The van der Waals surface area contributed by atoms with Crippen molar-refractivity contribution in [3.8, 4) is 0 Å². The molecule has 1 aromatic heterocycles. The van der Waals surface area contributed by atoms with Crippen LogP contribution >= 0.6 is 11.8 Å². The third-order valence-corrected chi connectivity index (χ3v) is 8.52. The second-order valence-electron chi connectivity index (χ2n) is 10.3. The zero-order valence-corrected chi connectivity index (χ0v) is 23.2. The molecule has 37 heavy (non-hydrogen) atoms. The number of amides is 1. The zero-order chi connectivity index (χ0) is 26.2. The number of likely N-dealkylation sites (tertiary alicyclic amines) is 1. The molecule has 0 aliphatic carbocycles. The van der Waals surface area contributed by atoms with Crippen LogP contribution in [0.25, 0.3) is 0 Å². The molecule has 1 aliphatic heterocycles. The van der Waals surface area contributed by atoms with Crippen LogP contribution in [0, 0.1) is 19.8 Å². The predicted molar refractivity (Wildman–Crippen MR) is 152 cm³/mol. The van der Waals surface area contributed by atoms with Crippen molar-refractivity contribution in [3.63, 3.8) is 0 Å². The fourth-order valence-electron chi connectivity index (χ4n) is 5.01. The van der Waals surface area contributed by atoms with Gasteiger partial charge >= 0.3 is 0 Å². The lowest BCUT2D eigenvalue weighted by molar-refractivity contribution is -0.132. The Balaban J connectivity index is 1.19. The molecule has 2 aromatic carbocycles. The van der Waals surface area contributed by atoms with Gasteiger partial charge in [0.1, 0.15) is 0 Å². The normalized spacial score (nSPS) is 14.2. The van der Waals surface area contributed by atoms with E-state index in [4.69, 9.17) is 4.98 Å². The van der Waals surface area contributed by atoms with E-state index in [1.54, 1.807) is 23.4 Å². The first kappa shape index (κ1) is 27.2. The summed E-state index contributed by atoms with van der Waals surface area (Å²) in [6.07, 6.45) is 6.30. The SMILES string of the molecule is Cc1ccc(Cc2c(C)nc(SCCCCC(=O)N3CCC(Cc4ccccc4)CC3)n(C)c2=O)cc1. The standard InChI is InChI=1S/C31H39N3O2S/c1-23-12-14-26(15-13-23)22-28-24(2)32-31(33(3)30(28)36)37-20-8-7-11-29(35)34-18-16-27(17-19-34)21-25-9-5-4-6-10-25/h4-6,9-10,12-15,27H,7-8,11,16-22H2,1-3H3. The molecule has 196 valence electrons. The smallest absolute Gasteiger partial charge is 0.257 e. The maximum Gasteiger partial charge on any atom is 0.257 e. The molecule has 0 radical (unpaired) electrons. The summed E-state index contributed by atoms with van der Waals surface area (Å²) in [6.45, 7) is 5.75. The van der Waals surface area contributed by atoms with Gasteiger partial charge in [0, 0.05) is 50.0 Å². The van der Waals surface area contributed by atoms with Crippen LogP contribution in [0.1, 0.15) is 60.1 Å². The Morgan fingerprint density at radius 2 is 1.68 bits per heavy atom. The van der Waals surface area contributed by atoms with Crippen molar-refractivity contribution in [1.82, 2.24) is 14.5 Å². The highest BCUT2D eigenvalue weighted by molar-refractivity contribution is 7.99. The molecule has 1 fully saturated rings. The Bertz CT molecular complexity index is 1230. The van der Waals surface area contributed by atoms with Gasteiger partial charge in [-0.25, -0.2) is 4.98 Å². The zero-order valence-electron chi connectivity index (χ0n) is 22.4. The lowest BCUT2D eigenvalue weighted by atomic mass is 9.90. The minimum absolute atomic E-state index is 0.0291. The van der Waals surface area contributed by atoms with E-state index in [9.17, 15) is 9.59 Å². The van der Waals surface area contributed by atoms with Gasteiger partial charge in [0.2, 0.25) is 5.91 Å². The van der Waals surface area contributed by atoms with Crippen molar-refractivity contribution in [2.24, 2.45) is 13.0 Å². The molecule has 1 aliphatic rings. The summed E-state index contributed by atoms with van der Waals surface area (Å²) >= 11 is 1.61. The Kier molecular flexibility index (Phi) is 9.62. The number of unbranched alkanes of at least 4 members (excludes halogenated alkanes) is 1. The van der Waals surface area contributed by atoms with E-state index in [0.29, 0.717) is 18.8 Å². The van der Waals surface area contributed by atoms with Gasteiger partial charge in [0.05, 0.1) is 0 Å². The van der Waals surface area contributed by atoms with E-state index in [-0.39, 0.29) is 11.5 Å². The molecular formula is C31H39N3O2S. The number of nitrogens with zero attached hydrogens (tertiary/aromatic N) is 3. The highest BCUT2D eigenvalue weighted by Crippen LogP contribution is 2.23. The number of rotatable bonds is 10. The van der Waals surface area contributed by atoms with Gasteiger partial charge in [0.25, 0.3) is 5.56 Å². The fraction of sp³-hybridized carbons (Fsp3) is 0.452. The van der Waals surface area contributed by atoms with E-state index in [0.717, 1.165) is 72.9 Å². The second kappa shape index (κ2) is 13.1. The molecule has 0 N–H and O–H groups in total. The van der Waals surface area contributed by atoms with Crippen LogP contribution in [0.15, 0.2) is 64.5 Å². The molecule has 0 atom stereocenters. The predicted octanol–water partition coefficient (Wildman–Crippen LogP) is 5.73. The molecule has 0 unspecified atom stereocenters. The molecule has 0 bridgehead atoms. The number of carbonyl (C=O) groups is 1. The highest BCUT2D eigenvalue weighted by atomic mass is 32.2. The largest absolute Gasteiger partial charge is 0.343 e. The van der Waals surface area contributed by atoms with E-state index in [1.807, 2.05) is 6.92 Å². The maximum atomic E-state index is 13.0. The van der Waals surface area contributed by atoms with Gasteiger partial charge in [-0.15, -0.1) is 0 Å². The van der Waals surface area contributed by atoms with Crippen LogP contribution in [-0.4, -0.2) is 39.2 Å². The first-order valence-electron chi connectivity index (χ1n) is 13.5. The Hall–Kier alpha value is -2.86. The number of carbonyl (C=O) groups excluding carboxylic acids is 1. The van der Waals surface area contributed by atoms with Crippen LogP contribution in [0.3, 0.4) is 0 Å². The first-order valence-corrected chi connectivity index (χ1v) is 14.5. The molecule has 6 heteroatoms. The molecule has 1 saturated heterocycles. The number of benzene rings is 2. The third-order valence-electron chi connectivity index (χ3n) is 7.40. The summed E-state index contributed by atoms with van der Waals surface area (Å²) in [5.74, 6) is 1.81. The Labute approximate surface area is 225 Å². The minimum atomic E-state index is 0.0291. The van der Waals surface area contributed by atoms with Crippen LogP contribution < -0.4 is 5.56 Å². The molecule has 0 spiro atoms. The Morgan fingerprint density at radius 3 is 2.38 bits per heavy atom. The second-order valence-corrected chi connectivity index (χ2v) is 11.4. The number of aromatic nitrogens is 2. The average molecular weight is 518 g/mol. The number of thioether (sulfide) groups is 1. The topological polar surface area (TPSA) is 55.2 Å². The van der Waals surface area contributed by atoms with Crippen LogP contribution in [0.5, 0.6) is 0 Å². The van der Waals surface area contributed by atoms with Crippen molar-refractivity contribution < 1.29 is 4.79 Å². The minimum Gasteiger partial charge on any atom is -0.343 e. The van der Waals surface area contributed by atoms with Gasteiger partial charge < -0.3 is 4.90 Å². The van der Waals surface area contributed by atoms with Crippen LogP contribution in [0.2, 0.25) is 0 Å². The van der Waals surface area contributed by atoms with Crippen molar-refractivity contribution >= 4 is 17.7 Å². The van der Waals surface area contributed by atoms with Crippen molar-refractivity contribution in [1.29, 1.82) is 0 Å². The molecule has 1 amide bonds. The molecule has 2 heterocycles. The number of hydrogen-bond acceptors (Lipinski definition) is 4. The van der Waals surface area contributed by atoms with E-state index in [1.165, 1.54) is 11.1 Å². The van der Waals surface area contributed by atoms with Gasteiger partial charge in [-0.05, 0) is 63.0 Å². The monoisotopic (exact) mass is 517 g/mol. The van der Waals surface area contributed by atoms with E-state index in [2.05, 4.69) is 66.4 Å². The number of piperidine rings is 1. The summed E-state index contributed by atoms with van der Waals surface area (Å²) in [7, 11) is 1.81. The van der Waals surface area contributed by atoms with Crippen molar-refractivity contribution in [3.05, 3.63) is 92.9 Å². The fourth-order valence-corrected chi connectivity index (χ4v) is 6.02. The van der Waals surface area contributed by atoms with Crippen molar-refractivity contribution in [2.75, 3.05) is 18.8 Å². The van der Waals surface area contributed by atoms with Gasteiger partial charge in [-0.2, -0.15) is 0 Å². The molecule has 3 aromatic rings. The maximum absolute atomic E-state index is 13.0. The molecule has 0 saturated carbocycles. The number of aryl methyl sites for hydroxylation is 2. The molecule has 5 nitrogen and oxygen atoms in total. The van der Waals surface area contributed by atoms with Crippen LogP contribution in [-0.2, 0) is 24.7 Å². The summed E-state index contributed by atoms with van der Waals surface area (Å²) in [4.78, 5) is 32.5. The van der Waals surface area contributed by atoms with Gasteiger partial charge in [-0.1, -0.05) is 71.9 Å². The summed E-state index contributed by atoms with van der Waals surface area (Å²) in [5, 5.41) is 0.752.